The molecule has 0 aliphatic heterocycles. The van der Waals surface area contributed by atoms with Gasteiger partial charge in [-0.3, -0.25) is 13.9 Å². The van der Waals surface area contributed by atoms with Gasteiger partial charge in [-0.25, -0.2) is 12.8 Å². The van der Waals surface area contributed by atoms with Gasteiger partial charge in [-0.2, -0.15) is 0 Å². The van der Waals surface area contributed by atoms with E-state index in [1.54, 1.807) is 24.3 Å². The molecule has 11 heteroatoms. The number of ether oxygens (including phenoxy) is 1. The lowest BCUT2D eigenvalue weighted by atomic mass is 9.94. The van der Waals surface area contributed by atoms with Gasteiger partial charge in [0.05, 0.1) is 17.2 Å². The van der Waals surface area contributed by atoms with Crippen molar-refractivity contribution in [1.29, 1.82) is 0 Å². The van der Waals surface area contributed by atoms with Crippen molar-refractivity contribution in [3.05, 3.63) is 125 Å². The molecule has 0 aromatic heterocycles. The number of rotatable bonds is 14. The molecule has 1 N–H and O–H groups in total. The maximum absolute atomic E-state index is 14.7. The van der Waals surface area contributed by atoms with E-state index in [9.17, 15) is 22.4 Å². The highest BCUT2D eigenvalue weighted by Gasteiger charge is 2.35. The number of benzene rings is 4. The molecule has 1 aliphatic carbocycles. The number of anilines is 1. The van der Waals surface area contributed by atoms with Gasteiger partial charge in [0.1, 0.15) is 24.2 Å². The van der Waals surface area contributed by atoms with Crippen LogP contribution in [0.25, 0.3) is 0 Å². The molecule has 8 nitrogen and oxygen atoms in total. The van der Waals surface area contributed by atoms with Gasteiger partial charge in [0.15, 0.2) is 0 Å². The molecule has 4 aromatic carbocycles. The third kappa shape index (κ3) is 9.70. The zero-order valence-corrected chi connectivity index (χ0v) is 29.8. The Kier molecular flexibility index (Phi) is 12.5. The highest BCUT2D eigenvalue weighted by molar-refractivity contribution is 9.10. The van der Waals surface area contributed by atoms with Gasteiger partial charge < -0.3 is 15.0 Å². The molecule has 2 amide bonds. The lowest BCUT2D eigenvalue weighted by Crippen LogP contribution is -2.55. The van der Waals surface area contributed by atoms with E-state index in [-0.39, 0.29) is 35.5 Å². The molecule has 0 unspecified atom stereocenters. The van der Waals surface area contributed by atoms with Crippen molar-refractivity contribution in [2.45, 2.75) is 69.0 Å². The van der Waals surface area contributed by atoms with Crippen LogP contribution in [0.1, 0.15) is 50.2 Å². The molecule has 5 rings (SSSR count). The average molecular weight is 751 g/mol. The van der Waals surface area contributed by atoms with E-state index in [0.29, 0.717) is 12.4 Å². The van der Waals surface area contributed by atoms with Crippen LogP contribution in [0, 0.1) is 5.82 Å². The first-order valence-corrected chi connectivity index (χ1v) is 18.8. The van der Waals surface area contributed by atoms with Crippen LogP contribution in [-0.4, -0.2) is 50.4 Å². The zero-order chi connectivity index (χ0) is 34.8. The maximum Gasteiger partial charge on any atom is 0.264 e. The second-order valence-corrected chi connectivity index (χ2v) is 14.9. The van der Waals surface area contributed by atoms with E-state index in [1.807, 2.05) is 61.5 Å². The van der Waals surface area contributed by atoms with E-state index in [2.05, 4.69) is 21.2 Å². The lowest BCUT2D eigenvalue weighted by molar-refractivity contribution is -0.140. The van der Waals surface area contributed by atoms with Crippen LogP contribution in [-0.2, 0) is 32.6 Å². The van der Waals surface area contributed by atoms with Crippen LogP contribution < -0.4 is 14.4 Å². The van der Waals surface area contributed by atoms with E-state index in [1.165, 1.54) is 17.0 Å². The second-order valence-electron chi connectivity index (χ2n) is 12.1. The molecule has 258 valence electrons. The van der Waals surface area contributed by atoms with Crippen molar-refractivity contribution in [1.82, 2.24) is 10.2 Å². The van der Waals surface area contributed by atoms with Crippen LogP contribution in [0.5, 0.6) is 5.75 Å². The van der Waals surface area contributed by atoms with E-state index in [4.69, 9.17) is 4.74 Å². The predicted octanol–water partition coefficient (Wildman–Crippen LogP) is 7.27. The fraction of sp³-hybridized carbons (Fsp3) is 0.316. The van der Waals surface area contributed by atoms with Crippen LogP contribution in [0.15, 0.2) is 112 Å². The molecule has 0 spiro atoms. The Hall–Kier alpha value is -4.22. The molecule has 1 saturated carbocycles. The number of nitrogens with zero attached hydrogens (tertiary/aromatic N) is 2. The van der Waals surface area contributed by atoms with Crippen LogP contribution in [0.2, 0.25) is 0 Å². The molecule has 0 radical (unpaired) electrons. The summed E-state index contributed by atoms with van der Waals surface area (Å²) < 4.78 is 49.6. The van der Waals surface area contributed by atoms with E-state index in [0.717, 1.165) is 64.1 Å². The summed E-state index contributed by atoms with van der Waals surface area (Å²) in [5, 5.41) is 3.21. The van der Waals surface area contributed by atoms with Crippen LogP contribution in [0.4, 0.5) is 10.1 Å². The first kappa shape index (κ1) is 36.1. The maximum atomic E-state index is 14.7. The van der Waals surface area contributed by atoms with Crippen molar-refractivity contribution < 1.29 is 27.1 Å². The van der Waals surface area contributed by atoms with Gasteiger partial charge in [-0.05, 0) is 91.6 Å². The predicted molar refractivity (Wildman–Crippen MR) is 192 cm³/mol. The molecule has 1 atom stereocenters. The van der Waals surface area contributed by atoms with Crippen LogP contribution >= 0.6 is 15.9 Å². The standard InChI is InChI=1S/C38H41BrFN3O5S/c1-2-48-34-21-19-33(20-22-34)43(49(46,47)35-23-17-31(40)18-24-35)27-37(44)42(26-29-13-15-30(39)16-14-29)36(25-28-9-5-3-6-10-28)38(45)41-32-11-7-4-8-12-32/h3,5-6,9-10,13-24,32,36H,2,4,7-8,11-12,25-27H2,1H3,(H,41,45)/t36-/m0/s1. The van der Waals surface area contributed by atoms with Crippen LogP contribution in [0.3, 0.4) is 0 Å². The third-order valence-electron chi connectivity index (χ3n) is 8.61. The number of hydrogen-bond acceptors (Lipinski definition) is 5. The summed E-state index contributed by atoms with van der Waals surface area (Å²) in [5.74, 6) is -0.899. The van der Waals surface area contributed by atoms with Gasteiger partial charge in [0, 0.05) is 23.5 Å². The highest BCUT2D eigenvalue weighted by atomic mass is 79.9. The first-order valence-electron chi connectivity index (χ1n) is 16.5. The molecule has 0 bridgehead atoms. The number of nitrogens with one attached hydrogen (secondary N) is 1. The van der Waals surface area contributed by atoms with E-state index < -0.39 is 34.3 Å². The molecule has 0 heterocycles. The van der Waals surface area contributed by atoms with Gasteiger partial charge in [-0.15, -0.1) is 0 Å². The monoisotopic (exact) mass is 749 g/mol. The summed E-state index contributed by atoms with van der Waals surface area (Å²) in [6, 6.07) is 26.9. The lowest BCUT2D eigenvalue weighted by Gasteiger charge is -2.35. The van der Waals surface area contributed by atoms with Crippen molar-refractivity contribution in [3.63, 3.8) is 0 Å². The first-order chi connectivity index (χ1) is 23.6. The minimum atomic E-state index is -4.36. The Morgan fingerprint density at radius 1 is 0.878 bits per heavy atom. The molecule has 1 fully saturated rings. The second kappa shape index (κ2) is 16.9. The normalized spacial score (nSPS) is 14.1. The fourth-order valence-corrected chi connectivity index (χ4v) is 7.70. The summed E-state index contributed by atoms with van der Waals surface area (Å²) in [4.78, 5) is 30.2. The Morgan fingerprint density at radius 3 is 2.16 bits per heavy atom. The van der Waals surface area contributed by atoms with Crippen molar-refractivity contribution in [2.75, 3.05) is 17.5 Å². The summed E-state index contributed by atoms with van der Waals surface area (Å²) in [6.45, 7) is 1.72. The third-order valence-corrected chi connectivity index (χ3v) is 10.9. The molecule has 1 aliphatic rings. The average Bonchev–Trinajstić information content (AvgIpc) is 3.11. The van der Waals surface area contributed by atoms with Crippen molar-refractivity contribution in [3.8, 4) is 5.75 Å². The minimum absolute atomic E-state index is 0.00311. The number of carbonyl (C=O) groups is 2. The summed E-state index contributed by atoms with van der Waals surface area (Å²) >= 11 is 3.46. The summed E-state index contributed by atoms with van der Waals surface area (Å²) in [6.07, 6.45) is 5.13. The van der Waals surface area contributed by atoms with Gasteiger partial charge in [0.25, 0.3) is 10.0 Å². The number of hydrogen-bond donors (Lipinski definition) is 1. The summed E-state index contributed by atoms with van der Waals surface area (Å²) in [7, 11) is -4.36. The quantitative estimate of drug-likeness (QED) is 0.146. The minimum Gasteiger partial charge on any atom is -0.494 e. The number of sulfonamides is 1. The fourth-order valence-electron chi connectivity index (χ4n) is 6.02. The van der Waals surface area contributed by atoms with Gasteiger partial charge in [0.2, 0.25) is 11.8 Å². The Balaban J connectivity index is 1.56. The van der Waals surface area contributed by atoms with E-state index >= 15 is 0 Å². The van der Waals surface area contributed by atoms with Crippen molar-refractivity contribution >= 4 is 43.5 Å². The Labute approximate surface area is 296 Å². The Morgan fingerprint density at radius 2 is 1.53 bits per heavy atom. The molecular formula is C38H41BrFN3O5S. The smallest absolute Gasteiger partial charge is 0.264 e. The highest BCUT2D eigenvalue weighted by Crippen LogP contribution is 2.28. The molecule has 0 saturated heterocycles. The number of amides is 2. The summed E-state index contributed by atoms with van der Waals surface area (Å²) in [5.41, 5.74) is 1.85. The molecule has 49 heavy (non-hydrogen) atoms. The van der Waals surface area contributed by atoms with Gasteiger partial charge >= 0.3 is 0 Å². The molecular weight excluding hydrogens is 709 g/mol. The Bertz CT molecular complexity index is 1780. The number of halogens is 2. The zero-order valence-electron chi connectivity index (χ0n) is 27.4. The number of carbonyl (C=O) groups excluding carboxylic acids is 2. The SMILES string of the molecule is CCOc1ccc(N(CC(=O)N(Cc2ccc(Br)cc2)[C@@H](Cc2ccccc2)C(=O)NC2CCCCC2)S(=O)(=O)c2ccc(F)cc2)cc1. The van der Waals surface area contributed by atoms with Crippen molar-refractivity contribution in [2.24, 2.45) is 0 Å². The topological polar surface area (TPSA) is 96.0 Å². The van der Waals surface area contributed by atoms with Gasteiger partial charge in [-0.1, -0.05) is 77.7 Å². The molecule has 4 aromatic rings. The largest absolute Gasteiger partial charge is 0.494 e.